The first-order valence-corrected chi connectivity index (χ1v) is 21.8. The number of ether oxygens (including phenoxy) is 2. The fourth-order valence-electron chi connectivity index (χ4n) is 4.76. The van der Waals surface area contributed by atoms with Crippen LogP contribution in [0.15, 0.2) is 97.2 Å². The van der Waals surface area contributed by atoms with Crippen molar-refractivity contribution in [2.24, 2.45) is 5.73 Å². The van der Waals surface area contributed by atoms with E-state index in [2.05, 4.69) is 111 Å². The molecule has 11 heteroatoms. The normalized spacial score (nSPS) is 15.0. The Hall–Kier alpha value is -3.11. The van der Waals surface area contributed by atoms with Crippen molar-refractivity contribution in [2.45, 2.75) is 142 Å². The van der Waals surface area contributed by atoms with Gasteiger partial charge in [0.05, 0.1) is 19.8 Å². The number of carbonyl (C=O) groups excluding carboxylic acids is 1. The van der Waals surface area contributed by atoms with Crippen molar-refractivity contribution in [1.82, 2.24) is 0 Å². The monoisotopic (exact) mass is 789 g/mol. The molecule has 0 aliphatic heterocycles. The molecule has 0 saturated heterocycles. The Labute approximate surface area is 332 Å². The summed E-state index contributed by atoms with van der Waals surface area (Å²) in [6.45, 7) is 3.51. The summed E-state index contributed by atoms with van der Waals surface area (Å²) in [4.78, 5) is 33.5. The zero-order chi connectivity index (χ0) is 40.5. The average Bonchev–Trinajstić information content (AvgIpc) is 3.16. The van der Waals surface area contributed by atoms with E-state index in [0.29, 0.717) is 13.0 Å². The van der Waals surface area contributed by atoms with Crippen molar-refractivity contribution in [3.8, 4) is 0 Å². The minimum atomic E-state index is -4.64. The van der Waals surface area contributed by atoms with Gasteiger partial charge in [0.15, 0.2) is 0 Å². The lowest BCUT2D eigenvalue weighted by atomic mass is 10.1. The van der Waals surface area contributed by atoms with Crippen LogP contribution in [-0.4, -0.2) is 60.5 Å². The first kappa shape index (κ1) is 51.9. The lowest BCUT2D eigenvalue weighted by Crippen LogP contribution is -2.34. The number of aliphatic carboxylic acids is 1. The van der Waals surface area contributed by atoms with Crippen LogP contribution in [0.5, 0.6) is 0 Å². The van der Waals surface area contributed by atoms with E-state index in [-0.39, 0.29) is 13.0 Å². The van der Waals surface area contributed by atoms with Gasteiger partial charge in [0, 0.05) is 13.0 Å². The first-order chi connectivity index (χ1) is 26.7. The topological polar surface area (TPSA) is 155 Å². The van der Waals surface area contributed by atoms with Gasteiger partial charge in [0.2, 0.25) is 0 Å². The Kier molecular flexibility index (Phi) is 36.9. The molecule has 55 heavy (non-hydrogen) atoms. The second-order valence-corrected chi connectivity index (χ2v) is 14.4. The van der Waals surface area contributed by atoms with Gasteiger partial charge in [-0.25, -0.2) is 4.57 Å². The Bertz CT molecular complexity index is 1240. The minimum absolute atomic E-state index is 0.0217. The molecular formula is C44H72NO9P. The molecule has 312 valence electrons. The Balaban J connectivity index is 4.42. The highest BCUT2D eigenvalue weighted by Crippen LogP contribution is 2.43. The number of esters is 1. The minimum Gasteiger partial charge on any atom is -0.480 e. The average molecular weight is 790 g/mol. The van der Waals surface area contributed by atoms with Gasteiger partial charge < -0.3 is 25.2 Å². The smallest absolute Gasteiger partial charge is 0.472 e. The van der Waals surface area contributed by atoms with Crippen LogP contribution >= 0.6 is 7.82 Å². The maximum atomic E-state index is 12.6. The second kappa shape index (κ2) is 39.1. The first-order valence-electron chi connectivity index (χ1n) is 20.3. The van der Waals surface area contributed by atoms with Gasteiger partial charge >= 0.3 is 19.8 Å². The Morgan fingerprint density at radius 1 is 0.582 bits per heavy atom. The Morgan fingerprint density at radius 2 is 1.00 bits per heavy atom. The van der Waals surface area contributed by atoms with E-state index in [1.165, 1.54) is 0 Å². The largest absolute Gasteiger partial charge is 0.480 e. The van der Waals surface area contributed by atoms with E-state index >= 15 is 0 Å². The van der Waals surface area contributed by atoms with Gasteiger partial charge in [-0.2, -0.15) is 0 Å². The molecular weight excluding hydrogens is 717 g/mol. The number of nitrogens with two attached hydrogens (primary N) is 1. The predicted octanol–water partition coefficient (Wildman–Crippen LogP) is 11.0. The summed E-state index contributed by atoms with van der Waals surface area (Å²) in [7, 11) is -4.64. The molecule has 0 aromatic heterocycles. The molecule has 0 fully saturated rings. The summed E-state index contributed by atoms with van der Waals surface area (Å²) in [6.07, 6.45) is 50.3. The summed E-state index contributed by atoms with van der Waals surface area (Å²) in [6, 6.07) is -1.49. The van der Waals surface area contributed by atoms with Gasteiger partial charge in [0.25, 0.3) is 0 Å². The number of phosphoric ester groups is 1. The van der Waals surface area contributed by atoms with Gasteiger partial charge in [0.1, 0.15) is 12.1 Å². The quantitative estimate of drug-likeness (QED) is 0.0240. The van der Waals surface area contributed by atoms with Gasteiger partial charge in [-0.1, -0.05) is 130 Å². The van der Waals surface area contributed by atoms with Crippen LogP contribution < -0.4 is 5.73 Å². The van der Waals surface area contributed by atoms with E-state index in [0.717, 1.165) is 103 Å². The van der Waals surface area contributed by atoms with Crippen molar-refractivity contribution >= 4 is 19.8 Å². The van der Waals surface area contributed by atoms with E-state index < -0.39 is 45.1 Å². The molecule has 0 spiro atoms. The third-order valence-electron chi connectivity index (χ3n) is 7.86. The number of hydrogen-bond acceptors (Lipinski definition) is 8. The van der Waals surface area contributed by atoms with E-state index in [9.17, 15) is 19.0 Å². The molecule has 0 saturated carbocycles. The lowest BCUT2D eigenvalue weighted by Gasteiger charge is -2.20. The van der Waals surface area contributed by atoms with E-state index in [1.54, 1.807) is 0 Å². The van der Waals surface area contributed by atoms with Crippen LogP contribution in [0.1, 0.15) is 129 Å². The summed E-state index contributed by atoms with van der Waals surface area (Å²) in [5, 5.41) is 8.88. The molecule has 0 aliphatic carbocycles. The number of unbranched alkanes of at least 4 members (excludes halogenated alkanes) is 7. The summed E-state index contributed by atoms with van der Waals surface area (Å²) in [5.74, 6) is -1.83. The van der Waals surface area contributed by atoms with Gasteiger partial charge in [-0.05, 0) is 89.9 Å². The summed E-state index contributed by atoms with van der Waals surface area (Å²) in [5.41, 5.74) is 5.34. The molecule has 0 radical (unpaired) electrons. The highest BCUT2D eigenvalue weighted by atomic mass is 31.2. The number of carboxylic acid groups (broad SMARTS) is 1. The van der Waals surface area contributed by atoms with Gasteiger partial charge in [-0.15, -0.1) is 0 Å². The maximum absolute atomic E-state index is 12.6. The lowest BCUT2D eigenvalue weighted by molar-refractivity contribution is -0.154. The number of carboxylic acids is 1. The highest BCUT2D eigenvalue weighted by Gasteiger charge is 2.27. The van der Waals surface area contributed by atoms with Crippen LogP contribution in [0, 0.1) is 0 Å². The third kappa shape index (κ3) is 38.9. The summed E-state index contributed by atoms with van der Waals surface area (Å²) >= 11 is 0. The van der Waals surface area contributed by atoms with Crippen molar-refractivity contribution in [1.29, 1.82) is 0 Å². The molecule has 3 atom stereocenters. The molecule has 0 aromatic rings. The summed E-state index contributed by atoms with van der Waals surface area (Å²) < 4.78 is 33.2. The van der Waals surface area contributed by atoms with E-state index in [4.69, 9.17) is 29.4 Å². The van der Waals surface area contributed by atoms with Crippen molar-refractivity contribution < 1.29 is 42.7 Å². The van der Waals surface area contributed by atoms with Crippen molar-refractivity contribution in [2.75, 3.05) is 26.4 Å². The van der Waals surface area contributed by atoms with Gasteiger partial charge in [-0.3, -0.25) is 18.6 Å². The zero-order valence-corrected chi connectivity index (χ0v) is 34.6. The molecule has 0 aromatic carbocycles. The van der Waals surface area contributed by atoms with Crippen LogP contribution in [0.2, 0.25) is 0 Å². The number of rotatable bonds is 37. The third-order valence-corrected chi connectivity index (χ3v) is 8.81. The zero-order valence-electron chi connectivity index (χ0n) is 33.7. The van der Waals surface area contributed by atoms with Crippen molar-refractivity contribution in [3.63, 3.8) is 0 Å². The molecule has 10 nitrogen and oxygen atoms in total. The molecule has 4 N–H and O–H groups in total. The SMILES string of the molecule is CC/C=C\C/C=C\C/C=C\C/C=C\CCCCCCC(=O)OC(COCCCCC/C=C\C/C=C\C/C=C\C/C=C\CC)COP(=O)(O)OCC(N)C(=O)O. The second-order valence-electron chi connectivity index (χ2n) is 13.0. The van der Waals surface area contributed by atoms with Crippen LogP contribution in [0.3, 0.4) is 0 Å². The molecule has 0 rings (SSSR count). The molecule has 3 unspecified atom stereocenters. The fourth-order valence-corrected chi connectivity index (χ4v) is 5.54. The molecule has 0 aliphatic rings. The Morgan fingerprint density at radius 3 is 1.47 bits per heavy atom. The van der Waals surface area contributed by atoms with Crippen LogP contribution in [-0.2, 0) is 32.7 Å². The number of phosphoric acid groups is 1. The standard InChI is InChI=1S/C44H72NO9P/c1-3-5-7-9-11-13-15-17-19-21-22-24-26-28-30-32-34-36-43(46)54-41(39-52-55(49,50)53-40-42(45)44(47)48)38-51-37-35-33-31-29-27-25-23-20-18-16-14-12-10-8-6-4-2/h5-8,11-14,17-20,22,24-25,27,41-42H,3-4,9-10,15-16,21,23,26,28-40,45H2,1-2H3,(H,47,48)(H,49,50)/b7-5-,8-6-,13-11-,14-12-,19-17-,20-18-,24-22-,27-25-. The molecule has 0 bridgehead atoms. The predicted molar refractivity (Wildman–Crippen MR) is 226 cm³/mol. The highest BCUT2D eigenvalue weighted by molar-refractivity contribution is 7.47. The number of allylic oxidation sites excluding steroid dienone is 16. The van der Waals surface area contributed by atoms with E-state index in [1.807, 2.05) is 0 Å². The fraction of sp³-hybridized carbons (Fsp3) is 0.591. The number of carbonyl (C=O) groups is 2. The molecule has 0 heterocycles. The van der Waals surface area contributed by atoms with Crippen LogP contribution in [0.4, 0.5) is 0 Å². The molecule has 0 amide bonds. The van der Waals surface area contributed by atoms with Crippen molar-refractivity contribution in [3.05, 3.63) is 97.2 Å². The van der Waals surface area contributed by atoms with Crippen LogP contribution in [0.25, 0.3) is 0 Å². The maximum Gasteiger partial charge on any atom is 0.472 e. The number of hydrogen-bond donors (Lipinski definition) is 3.